The molecule has 0 unspecified atom stereocenters. The summed E-state index contributed by atoms with van der Waals surface area (Å²) in [6.07, 6.45) is 1.32. The second-order valence-corrected chi connectivity index (χ2v) is 5.64. The summed E-state index contributed by atoms with van der Waals surface area (Å²) in [6, 6.07) is 16.7. The van der Waals surface area contributed by atoms with Gasteiger partial charge in [-0.3, -0.25) is 10.1 Å². The number of rotatable bonds is 4. The molecule has 2 aromatic carbocycles. The molecule has 0 radical (unpaired) electrons. The smallest absolute Gasteiger partial charge is 0.258 e. The molecular weight excluding hydrogens is 310 g/mol. The number of nitrogens with one attached hydrogen (secondary N) is 2. The van der Waals surface area contributed by atoms with E-state index in [2.05, 4.69) is 26.6 Å². The Morgan fingerprint density at radius 3 is 2.65 bits per heavy atom. The molecule has 0 aliphatic carbocycles. The fraction of sp³-hybridized carbons (Fsp3) is 0. The molecule has 3 rings (SSSR count). The van der Waals surface area contributed by atoms with Gasteiger partial charge in [0.1, 0.15) is 12.4 Å². The molecule has 1 aromatic heterocycles. The first-order chi connectivity index (χ1) is 11.3. The average Bonchev–Trinajstić information content (AvgIpc) is 3.09. The molecule has 7 heteroatoms. The number of hydrogen-bond acceptors (Lipinski definition) is 5. The fourth-order valence-corrected chi connectivity index (χ4v) is 2.79. The number of H-pyrrole nitrogens is 1. The number of carbonyl (C=O) groups is 1. The summed E-state index contributed by atoms with van der Waals surface area (Å²) < 4.78 is 0. The number of aromatic nitrogens is 3. The molecular formula is C16H11N5OS. The number of nitriles is 1. The van der Waals surface area contributed by atoms with E-state index in [4.69, 9.17) is 5.26 Å². The molecule has 3 aromatic rings. The van der Waals surface area contributed by atoms with Gasteiger partial charge in [0.2, 0.25) is 5.95 Å². The largest absolute Gasteiger partial charge is 0.291 e. The number of hydrogen-bond donors (Lipinski definition) is 2. The molecule has 0 aliphatic heterocycles. The minimum Gasteiger partial charge on any atom is -0.291 e. The minimum atomic E-state index is -0.268. The van der Waals surface area contributed by atoms with Crippen LogP contribution in [0.3, 0.4) is 0 Å². The molecule has 1 amide bonds. The first kappa shape index (κ1) is 14.8. The summed E-state index contributed by atoms with van der Waals surface area (Å²) in [6.45, 7) is 0. The van der Waals surface area contributed by atoms with Crippen molar-refractivity contribution < 1.29 is 4.79 Å². The summed E-state index contributed by atoms with van der Waals surface area (Å²) >= 11 is 1.48. The normalized spacial score (nSPS) is 10.0. The highest BCUT2D eigenvalue weighted by Gasteiger charge is 2.08. The van der Waals surface area contributed by atoms with Gasteiger partial charge in [0.05, 0.1) is 5.56 Å². The van der Waals surface area contributed by atoms with Crippen molar-refractivity contribution in [3.63, 3.8) is 0 Å². The van der Waals surface area contributed by atoms with Crippen LogP contribution < -0.4 is 5.32 Å². The van der Waals surface area contributed by atoms with Crippen LogP contribution in [0.15, 0.2) is 64.6 Å². The molecule has 6 nitrogen and oxygen atoms in total. The van der Waals surface area contributed by atoms with Crippen molar-refractivity contribution in [3.8, 4) is 6.07 Å². The van der Waals surface area contributed by atoms with Gasteiger partial charge < -0.3 is 0 Å². The van der Waals surface area contributed by atoms with Gasteiger partial charge in [-0.2, -0.15) is 15.3 Å². The van der Waals surface area contributed by atoms with E-state index in [1.165, 1.54) is 18.1 Å². The van der Waals surface area contributed by atoms with Crippen LogP contribution in [0, 0.1) is 11.3 Å². The van der Waals surface area contributed by atoms with Crippen molar-refractivity contribution in [3.05, 3.63) is 66.0 Å². The van der Waals surface area contributed by atoms with Crippen LogP contribution in [0.25, 0.3) is 0 Å². The van der Waals surface area contributed by atoms with E-state index in [9.17, 15) is 4.79 Å². The summed E-state index contributed by atoms with van der Waals surface area (Å²) in [5.74, 6) is 0.0344. The average molecular weight is 321 g/mol. The van der Waals surface area contributed by atoms with Crippen molar-refractivity contribution in [2.45, 2.75) is 9.79 Å². The van der Waals surface area contributed by atoms with E-state index >= 15 is 0 Å². The van der Waals surface area contributed by atoms with Crippen LogP contribution in [0.2, 0.25) is 0 Å². The number of anilines is 1. The van der Waals surface area contributed by atoms with Crippen LogP contribution in [-0.2, 0) is 0 Å². The highest BCUT2D eigenvalue weighted by Crippen LogP contribution is 2.30. The Kier molecular flexibility index (Phi) is 4.36. The van der Waals surface area contributed by atoms with E-state index in [1.54, 1.807) is 18.2 Å². The molecule has 0 spiro atoms. The monoisotopic (exact) mass is 321 g/mol. The third kappa shape index (κ3) is 3.56. The number of amides is 1. The summed E-state index contributed by atoms with van der Waals surface area (Å²) in [5, 5.41) is 17.9. The molecule has 0 fully saturated rings. The fourth-order valence-electron chi connectivity index (χ4n) is 1.89. The third-order valence-electron chi connectivity index (χ3n) is 3.00. The van der Waals surface area contributed by atoms with E-state index in [1.807, 2.05) is 30.3 Å². The Balaban J connectivity index is 1.72. The van der Waals surface area contributed by atoms with Gasteiger partial charge in [-0.05, 0) is 36.4 Å². The number of benzene rings is 2. The predicted octanol–water partition coefficient (Wildman–Crippen LogP) is 3.08. The summed E-state index contributed by atoms with van der Waals surface area (Å²) in [4.78, 5) is 17.7. The van der Waals surface area contributed by atoms with E-state index < -0.39 is 0 Å². The second kappa shape index (κ2) is 6.77. The van der Waals surface area contributed by atoms with E-state index in [-0.39, 0.29) is 5.91 Å². The van der Waals surface area contributed by atoms with E-state index in [0.29, 0.717) is 17.1 Å². The number of nitrogens with zero attached hydrogens (tertiary/aromatic N) is 3. The Labute approximate surface area is 136 Å². The Hall–Kier alpha value is -3.11. The molecule has 0 saturated carbocycles. The zero-order chi connectivity index (χ0) is 16.1. The SMILES string of the molecule is N#Cc1ccccc1Sc1ccc(C(=O)Nc2ncn[nH]2)cc1. The van der Waals surface area contributed by atoms with Crippen LogP contribution in [0.5, 0.6) is 0 Å². The first-order valence-corrected chi connectivity index (χ1v) is 7.51. The van der Waals surface area contributed by atoms with Gasteiger partial charge >= 0.3 is 0 Å². The lowest BCUT2D eigenvalue weighted by Gasteiger charge is -2.05. The standard InChI is InChI=1S/C16H11N5OS/c17-9-12-3-1-2-4-14(12)23-13-7-5-11(6-8-13)15(22)20-16-18-10-19-21-16/h1-8,10H,(H2,18,19,20,21,22). The third-order valence-corrected chi connectivity index (χ3v) is 4.08. The van der Waals surface area contributed by atoms with Gasteiger partial charge in [0, 0.05) is 15.4 Å². The highest BCUT2D eigenvalue weighted by atomic mass is 32.2. The van der Waals surface area contributed by atoms with Crippen molar-refractivity contribution in [2.75, 3.05) is 5.32 Å². The highest BCUT2D eigenvalue weighted by molar-refractivity contribution is 7.99. The molecule has 23 heavy (non-hydrogen) atoms. The maximum atomic E-state index is 12.0. The quantitative estimate of drug-likeness (QED) is 0.770. The van der Waals surface area contributed by atoms with Gasteiger partial charge in [-0.25, -0.2) is 5.10 Å². The lowest BCUT2D eigenvalue weighted by molar-refractivity contribution is 0.102. The van der Waals surface area contributed by atoms with Crippen molar-refractivity contribution in [1.82, 2.24) is 15.2 Å². The molecule has 112 valence electrons. The zero-order valence-electron chi connectivity index (χ0n) is 11.9. The molecule has 2 N–H and O–H groups in total. The van der Waals surface area contributed by atoms with Crippen LogP contribution in [0.1, 0.15) is 15.9 Å². The second-order valence-electron chi connectivity index (χ2n) is 4.52. The van der Waals surface area contributed by atoms with Gasteiger partial charge in [0.25, 0.3) is 5.91 Å². The van der Waals surface area contributed by atoms with Crippen LogP contribution in [0.4, 0.5) is 5.95 Å². The van der Waals surface area contributed by atoms with Gasteiger partial charge in [0.15, 0.2) is 0 Å². The van der Waals surface area contributed by atoms with Crippen molar-refractivity contribution >= 4 is 23.6 Å². The Morgan fingerprint density at radius 1 is 1.17 bits per heavy atom. The number of aromatic amines is 1. The maximum Gasteiger partial charge on any atom is 0.258 e. The molecule has 0 bridgehead atoms. The molecule has 0 atom stereocenters. The molecule has 0 aliphatic rings. The van der Waals surface area contributed by atoms with Gasteiger partial charge in [-0.15, -0.1) is 0 Å². The minimum absolute atomic E-state index is 0.268. The first-order valence-electron chi connectivity index (χ1n) is 6.70. The maximum absolute atomic E-state index is 12.0. The van der Waals surface area contributed by atoms with Crippen molar-refractivity contribution in [2.24, 2.45) is 0 Å². The lowest BCUT2D eigenvalue weighted by Crippen LogP contribution is -2.12. The lowest BCUT2D eigenvalue weighted by atomic mass is 10.2. The predicted molar refractivity (Wildman–Crippen MR) is 86.1 cm³/mol. The van der Waals surface area contributed by atoms with Crippen LogP contribution >= 0.6 is 11.8 Å². The molecule has 0 saturated heterocycles. The Morgan fingerprint density at radius 2 is 1.96 bits per heavy atom. The Bertz CT molecular complexity index is 853. The van der Waals surface area contributed by atoms with Crippen LogP contribution in [-0.4, -0.2) is 21.1 Å². The topological polar surface area (TPSA) is 94.5 Å². The van der Waals surface area contributed by atoms with Crippen molar-refractivity contribution in [1.29, 1.82) is 5.26 Å². The summed E-state index contributed by atoms with van der Waals surface area (Å²) in [7, 11) is 0. The number of carbonyl (C=O) groups excluding carboxylic acids is 1. The van der Waals surface area contributed by atoms with E-state index in [0.717, 1.165) is 9.79 Å². The van der Waals surface area contributed by atoms with Gasteiger partial charge in [-0.1, -0.05) is 23.9 Å². The summed E-state index contributed by atoms with van der Waals surface area (Å²) in [5.41, 5.74) is 1.14. The molecule has 1 heterocycles. The zero-order valence-corrected chi connectivity index (χ0v) is 12.7.